The molecule has 0 N–H and O–H groups in total. The van der Waals surface area contributed by atoms with Crippen LogP contribution in [0.15, 0.2) is 71.3 Å². The molecule has 1 saturated heterocycles. The van der Waals surface area contributed by atoms with Crippen molar-refractivity contribution in [1.29, 1.82) is 0 Å². The number of piperazine rings is 1. The maximum atomic E-state index is 14.1. The quantitative estimate of drug-likeness (QED) is 0.595. The zero-order valence-electron chi connectivity index (χ0n) is 18.7. The Kier molecular flexibility index (Phi) is 4.98. The molecule has 34 heavy (non-hydrogen) atoms. The standard InChI is InChI=1S/C27H25N3O4/c31-25-21-9-4-3-8-20(21)23(24-19-7-2-1-6-18(19)11-12-30(24)25)27(33)29-15-13-28(14-16-29)26(32)22-10-5-17-34-22/h1-10,17,23-24H,11-16H2. The van der Waals surface area contributed by atoms with Gasteiger partial charge in [0.2, 0.25) is 5.91 Å². The molecule has 0 spiro atoms. The number of carbonyl (C=O) groups is 3. The number of furan rings is 1. The lowest BCUT2D eigenvalue weighted by Gasteiger charge is -2.47. The van der Waals surface area contributed by atoms with E-state index in [0.717, 1.165) is 17.5 Å². The summed E-state index contributed by atoms with van der Waals surface area (Å²) in [7, 11) is 0. The Morgan fingerprint density at radius 1 is 0.794 bits per heavy atom. The second-order valence-corrected chi connectivity index (χ2v) is 9.05. The molecule has 1 aromatic heterocycles. The van der Waals surface area contributed by atoms with Crippen molar-refractivity contribution in [2.75, 3.05) is 32.7 Å². The van der Waals surface area contributed by atoms with E-state index in [-0.39, 0.29) is 23.8 Å². The number of rotatable bonds is 2. The monoisotopic (exact) mass is 455 g/mol. The largest absolute Gasteiger partial charge is 0.459 e. The normalized spacial score (nSPS) is 21.5. The molecule has 3 aliphatic heterocycles. The Hall–Kier alpha value is -3.87. The van der Waals surface area contributed by atoms with E-state index in [1.54, 1.807) is 17.0 Å². The van der Waals surface area contributed by atoms with Crippen molar-refractivity contribution in [2.24, 2.45) is 0 Å². The molecule has 3 aromatic rings. The summed E-state index contributed by atoms with van der Waals surface area (Å²) in [5.41, 5.74) is 3.66. The van der Waals surface area contributed by atoms with E-state index >= 15 is 0 Å². The second-order valence-electron chi connectivity index (χ2n) is 9.05. The summed E-state index contributed by atoms with van der Waals surface area (Å²) >= 11 is 0. The topological polar surface area (TPSA) is 74.1 Å². The average molecular weight is 456 g/mol. The highest BCUT2D eigenvalue weighted by atomic mass is 16.3. The highest BCUT2D eigenvalue weighted by Gasteiger charge is 2.47. The number of amides is 3. The molecule has 7 heteroatoms. The first kappa shape index (κ1) is 20.7. The fourth-order valence-corrected chi connectivity index (χ4v) is 5.62. The first-order valence-corrected chi connectivity index (χ1v) is 11.7. The van der Waals surface area contributed by atoms with Crippen LogP contribution in [0.5, 0.6) is 0 Å². The second kappa shape index (κ2) is 8.17. The predicted octanol–water partition coefficient (Wildman–Crippen LogP) is 3.10. The molecule has 4 heterocycles. The maximum Gasteiger partial charge on any atom is 0.289 e. The summed E-state index contributed by atoms with van der Waals surface area (Å²) in [6.07, 6.45) is 2.28. The van der Waals surface area contributed by atoms with Crippen LogP contribution in [0.3, 0.4) is 0 Å². The van der Waals surface area contributed by atoms with E-state index in [0.29, 0.717) is 44.0 Å². The van der Waals surface area contributed by atoms with Crippen LogP contribution in [-0.2, 0) is 11.2 Å². The zero-order valence-corrected chi connectivity index (χ0v) is 18.7. The Bertz CT molecular complexity index is 1260. The lowest BCUT2D eigenvalue weighted by Crippen LogP contribution is -2.55. The molecule has 7 nitrogen and oxygen atoms in total. The van der Waals surface area contributed by atoms with Gasteiger partial charge in [0.25, 0.3) is 11.8 Å². The Morgan fingerprint density at radius 3 is 2.26 bits per heavy atom. The molecular weight excluding hydrogens is 430 g/mol. The van der Waals surface area contributed by atoms with Crippen LogP contribution >= 0.6 is 0 Å². The van der Waals surface area contributed by atoms with Gasteiger partial charge in [0, 0.05) is 38.3 Å². The maximum absolute atomic E-state index is 14.1. The van der Waals surface area contributed by atoms with Crippen molar-refractivity contribution in [3.05, 3.63) is 94.9 Å². The smallest absolute Gasteiger partial charge is 0.289 e. The molecule has 3 aliphatic rings. The van der Waals surface area contributed by atoms with Gasteiger partial charge in [-0.15, -0.1) is 0 Å². The predicted molar refractivity (Wildman–Crippen MR) is 124 cm³/mol. The van der Waals surface area contributed by atoms with Crippen LogP contribution < -0.4 is 0 Å². The molecular formula is C27H25N3O4. The van der Waals surface area contributed by atoms with E-state index < -0.39 is 5.92 Å². The molecule has 0 saturated carbocycles. The number of hydrogen-bond donors (Lipinski definition) is 0. The van der Waals surface area contributed by atoms with Crippen LogP contribution in [0.2, 0.25) is 0 Å². The summed E-state index contributed by atoms with van der Waals surface area (Å²) in [5.74, 6) is -0.306. The third-order valence-corrected chi connectivity index (χ3v) is 7.31. The summed E-state index contributed by atoms with van der Waals surface area (Å²) in [6, 6.07) is 18.7. The summed E-state index contributed by atoms with van der Waals surface area (Å²) < 4.78 is 5.25. The number of nitrogens with zero attached hydrogens (tertiary/aromatic N) is 3. The van der Waals surface area contributed by atoms with Crippen LogP contribution in [-0.4, -0.2) is 65.1 Å². The van der Waals surface area contributed by atoms with Crippen LogP contribution in [0.1, 0.15) is 49.6 Å². The molecule has 172 valence electrons. The van der Waals surface area contributed by atoms with Gasteiger partial charge in [-0.2, -0.15) is 0 Å². The lowest BCUT2D eigenvalue weighted by atomic mass is 9.75. The average Bonchev–Trinajstić information content (AvgIpc) is 3.43. The van der Waals surface area contributed by atoms with Gasteiger partial charge in [0.15, 0.2) is 5.76 Å². The van der Waals surface area contributed by atoms with Crippen molar-refractivity contribution >= 4 is 17.7 Å². The number of fused-ring (bicyclic) bond motifs is 4. The minimum atomic E-state index is -0.470. The lowest BCUT2D eigenvalue weighted by molar-refractivity contribution is -0.136. The van der Waals surface area contributed by atoms with Gasteiger partial charge in [0.1, 0.15) is 0 Å². The first-order valence-electron chi connectivity index (χ1n) is 11.7. The SMILES string of the molecule is O=C(c1ccco1)N1CCN(C(=O)C2c3ccccc3C(=O)N3CCc4ccccc4C23)CC1. The molecule has 1 fully saturated rings. The van der Waals surface area contributed by atoms with E-state index in [2.05, 4.69) is 6.07 Å². The van der Waals surface area contributed by atoms with E-state index in [1.807, 2.05) is 52.3 Å². The Morgan fingerprint density at radius 2 is 1.50 bits per heavy atom. The van der Waals surface area contributed by atoms with Crippen LogP contribution in [0.25, 0.3) is 0 Å². The van der Waals surface area contributed by atoms with Gasteiger partial charge in [-0.05, 0) is 41.3 Å². The molecule has 0 bridgehead atoms. The van der Waals surface area contributed by atoms with Crippen molar-refractivity contribution in [3.8, 4) is 0 Å². The van der Waals surface area contributed by atoms with Gasteiger partial charge in [-0.1, -0.05) is 42.5 Å². The molecule has 6 rings (SSSR count). The first-order chi connectivity index (χ1) is 16.6. The van der Waals surface area contributed by atoms with Crippen molar-refractivity contribution in [2.45, 2.75) is 18.4 Å². The van der Waals surface area contributed by atoms with Gasteiger partial charge < -0.3 is 19.1 Å². The minimum absolute atomic E-state index is 0.00647. The van der Waals surface area contributed by atoms with E-state index in [4.69, 9.17) is 4.42 Å². The highest BCUT2D eigenvalue weighted by molar-refractivity contribution is 6.01. The molecule has 0 aliphatic carbocycles. The van der Waals surface area contributed by atoms with Crippen molar-refractivity contribution in [3.63, 3.8) is 0 Å². The number of benzene rings is 2. The molecule has 2 atom stereocenters. The molecule has 2 unspecified atom stereocenters. The fourth-order valence-electron chi connectivity index (χ4n) is 5.62. The minimum Gasteiger partial charge on any atom is -0.459 e. The molecule has 2 aromatic carbocycles. The number of hydrogen-bond acceptors (Lipinski definition) is 4. The van der Waals surface area contributed by atoms with Gasteiger partial charge in [0.05, 0.1) is 18.2 Å². The Labute approximate surface area is 197 Å². The molecule has 3 amide bonds. The summed E-state index contributed by atoms with van der Waals surface area (Å²) in [4.78, 5) is 45.5. The zero-order chi connectivity index (χ0) is 23.2. The summed E-state index contributed by atoms with van der Waals surface area (Å²) in [6.45, 7) is 2.40. The highest BCUT2D eigenvalue weighted by Crippen LogP contribution is 2.46. The van der Waals surface area contributed by atoms with Crippen LogP contribution in [0, 0.1) is 0 Å². The summed E-state index contributed by atoms with van der Waals surface area (Å²) in [5, 5.41) is 0. The number of carbonyl (C=O) groups excluding carboxylic acids is 3. The van der Waals surface area contributed by atoms with Crippen LogP contribution in [0.4, 0.5) is 0 Å². The van der Waals surface area contributed by atoms with Gasteiger partial charge in [-0.3, -0.25) is 14.4 Å². The molecule has 0 radical (unpaired) electrons. The van der Waals surface area contributed by atoms with Crippen molar-refractivity contribution in [1.82, 2.24) is 14.7 Å². The fraction of sp³-hybridized carbons (Fsp3) is 0.296. The van der Waals surface area contributed by atoms with Crippen molar-refractivity contribution < 1.29 is 18.8 Å². The van der Waals surface area contributed by atoms with Gasteiger partial charge in [-0.25, -0.2) is 0 Å². The van der Waals surface area contributed by atoms with E-state index in [9.17, 15) is 14.4 Å². The van der Waals surface area contributed by atoms with Gasteiger partial charge >= 0.3 is 0 Å². The Balaban J connectivity index is 1.32. The van der Waals surface area contributed by atoms with E-state index in [1.165, 1.54) is 11.8 Å². The third kappa shape index (κ3) is 3.22. The third-order valence-electron chi connectivity index (χ3n) is 7.31.